The summed E-state index contributed by atoms with van der Waals surface area (Å²) in [5, 5.41) is 4.24. The molecule has 0 atom stereocenters. The number of hydrogen-bond acceptors (Lipinski definition) is 5. The highest BCUT2D eigenvalue weighted by molar-refractivity contribution is 6.29. The Labute approximate surface area is 126 Å². The molecule has 5 nitrogen and oxygen atoms in total. The Balaban J connectivity index is 2.17. The lowest BCUT2D eigenvalue weighted by atomic mass is 10.0. The number of ether oxygens (including phenoxy) is 1. The summed E-state index contributed by atoms with van der Waals surface area (Å²) in [7, 11) is 1.62. The normalized spacial score (nSPS) is 10.8. The Morgan fingerprint density at radius 3 is 2.71 bits per heavy atom. The van der Waals surface area contributed by atoms with Crippen LogP contribution in [0.1, 0.15) is 5.56 Å². The molecule has 0 saturated carbocycles. The second kappa shape index (κ2) is 5.18. The topological polar surface area (TPSA) is 74.4 Å². The van der Waals surface area contributed by atoms with Crippen molar-refractivity contribution in [3.05, 3.63) is 41.1 Å². The van der Waals surface area contributed by atoms with E-state index >= 15 is 0 Å². The van der Waals surface area contributed by atoms with Crippen molar-refractivity contribution in [2.24, 2.45) is 0 Å². The number of methoxy groups -OCH3 is 1. The van der Waals surface area contributed by atoms with Gasteiger partial charge in [-0.25, -0.2) is 0 Å². The lowest BCUT2D eigenvalue weighted by Gasteiger charge is -2.07. The van der Waals surface area contributed by atoms with E-state index in [4.69, 9.17) is 31.0 Å². The first-order valence-corrected chi connectivity index (χ1v) is 6.64. The minimum atomic E-state index is 0.212. The van der Waals surface area contributed by atoms with E-state index in [1.54, 1.807) is 19.2 Å². The molecule has 0 aliphatic carbocycles. The molecule has 1 aromatic carbocycles. The quantitative estimate of drug-likeness (QED) is 0.786. The molecule has 0 bridgehead atoms. The van der Waals surface area contributed by atoms with Gasteiger partial charge in [0, 0.05) is 0 Å². The first kappa shape index (κ1) is 13.6. The molecule has 0 aliphatic rings. The predicted octanol–water partition coefficient (Wildman–Crippen LogP) is 4.15. The summed E-state index contributed by atoms with van der Waals surface area (Å²) < 4.78 is 15.8. The fraction of sp³-hybridized carbons (Fsp3) is 0.133. The van der Waals surface area contributed by atoms with E-state index in [-0.39, 0.29) is 11.1 Å². The van der Waals surface area contributed by atoms with Gasteiger partial charge in [-0.15, -0.1) is 0 Å². The summed E-state index contributed by atoms with van der Waals surface area (Å²) in [6, 6.07) is 9.11. The molecule has 2 aromatic heterocycles. The van der Waals surface area contributed by atoms with Crippen LogP contribution in [0.15, 0.2) is 39.3 Å². The number of aryl methyl sites for hydroxylation is 1. The van der Waals surface area contributed by atoms with Gasteiger partial charge in [-0.1, -0.05) is 17.3 Å². The first-order valence-electron chi connectivity index (χ1n) is 6.26. The van der Waals surface area contributed by atoms with Crippen LogP contribution in [-0.4, -0.2) is 12.3 Å². The van der Waals surface area contributed by atoms with Crippen LogP contribution in [-0.2, 0) is 0 Å². The number of anilines is 1. The van der Waals surface area contributed by atoms with Crippen LogP contribution in [0, 0.1) is 6.92 Å². The molecule has 0 saturated heterocycles. The molecule has 0 fully saturated rings. The number of nitrogens with zero attached hydrogens (tertiary/aromatic N) is 1. The van der Waals surface area contributed by atoms with Crippen LogP contribution in [0.2, 0.25) is 5.22 Å². The summed E-state index contributed by atoms with van der Waals surface area (Å²) in [6.45, 7) is 1.97. The van der Waals surface area contributed by atoms with Crippen molar-refractivity contribution in [1.29, 1.82) is 0 Å². The molecule has 21 heavy (non-hydrogen) atoms. The molecular formula is C15H13ClN2O3. The number of rotatable bonds is 3. The zero-order valence-electron chi connectivity index (χ0n) is 11.5. The van der Waals surface area contributed by atoms with E-state index < -0.39 is 0 Å². The molecule has 0 radical (unpaired) electrons. The molecule has 0 unspecified atom stereocenters. The third-order valence-corrected chi connectivity index (χ3v) is 3.42. The molecule has 2 heterocycles. The van der Waals surface area contributed by atoms with Gasteiger partial charge in [0.2, 0.25) is 5.88 Å². The number of benzene rings is 1. The van der Waals surface area contributed by atoms with Crippen molar-refractivity contribution >= 4 is 17.5 Å². The summed E-state index contributed by atoms with van der Waals surface area (Å²) >= 11 is 5.81. The average molecular weight is 305 g/mol. The van der Waals surface area contributed by atoms with Gasteiger partial charge in [-0.2, -0.15) is 0 Å². The van der Waals surface area contributed by atoms with E-state index in [1.807, 2.05) is 25.1 Å². The van der Waals surface area contributed by atoms with Crippen molar-refractivity contribution in [2.45, 2.75) is 6.92 Å². The van der Waals surface area contributed by atoms with Gasteiger partial charge in [0.1, 0.15) is 5.75 Å². The Morgan fingerprint density at radius 1 is 1.24 bits per heavy atom. The molecule has 2 N–H and O–H groups in total. The summed E-state index contributed by atoms with van der Waals surface area (Å²) in [4.78, 5) is 0. The van der Waals surface area contributed by atoms with Crippen LogP contribution < -0.4 is 10.5 Å². The van der Waals surface area contributed by atoms with Gasteiger partial charge in [0.25, 0.3) is 0 Å². The molecule has 108 valence electrons. The maximum atomic E-state index is 5.90. The van der Waals surface area contributed by atoms with E-state index in [1.165, 1.54) is 0 Å². The number of nitrogens with two attached hydrogens (primary N) is 1. The summed E-state index contributed by atoms with van der Waals surface area (Å²) in [6.07, 6.45) is 0. The molecule has 6 heteroatoms. The SMILES string of the molecule is COc1cc(-c2c(-c3ccc(Cl)o3)noc2N)ccc1C. The van der Waals surface area contributed by atoms with Crippen molar-refractivity contribution in [2.75, 3.05) is 12.8 Å². The molecule has 0 spiro atoms. The minimum Gasteiger partial charge on any atom is -0.496 e. The maximum Gasteiger partial charge on any atom is 0.230 e. The molecule has 0 aliphatic heterocycles. The largest absolute Gasteiger partial charge is 0.496 e. The highest BCUT2D eigenvalue weighted by Crippen LogP contribution is 2.39. The van der Waals surface area contributed by atoms with Crippen LogP contribution in [0.25, 0.3) is 22.6 Å². The number of furan rings is 1. The van der Waals surface area contributed by atoms with Gasteiger partial charge in [-0.05, 0) is 47.9 Å². The number of nitrogen functional groups attached to an aromatic ring is 1. The Kier molecular flexibility index (Phi) is 3.35. The number of hydrogen-bond donors (Lipinski definition) is 1. The highest BCUT2D eigenvalue weighted by Gasteiger charge is 2.20. The molecule has 3 rings (SSSR count). The zero-order chi connectivity index (χ0) is 15.0. The summed E-state index contributed by atoms with van der Waals surface area (Å²) in [5.41, 5.74) is 8.92. The predicted molar refractivity (Wildman–Crippen MR) is 80.4 cm³/mol. The van der Waals surface area contributed by atoms with Crippen LogP contribution in [0.5, 0.6) is 5.75 Å². The fourth-order valence-corrected chi connectivity index (χ4v) is 2.31. The van der Waals surface area contributed by atoms with Crippen molar-refractivity contribution in [3.63, 3.8) is 0 Å². The van der Waals surface area contributed by atoms with Crippen LogP contribution in [0.4, 0.5) is 5.88 Å². The minimum absolute atomic E-state index is 0.212. The van der Waals surface area contributed by atoms with Crippen molar-refractivity contribution in [3.8, 4) is 28.3 Å². The summed E-state index contributed by atoms with van der Waals surface area (Å²) in [5.74, 6) is 1.47. The number of aromatic nitrogens is 1. The molecule has 3 aromatic rings. The van der Waals surface area contributed by atoms with E-state index in [9.17, 15) is 0 Å². The monoisotopic (exact) mass is 304 g/mol. The zero-order valence-corrected chi connectivity index (χ0v) is 12.3. The average Bonchev–Trinajstić information content (AvgIpc) is 3.05. The Morgan fingerprint density at radius 2 is 2.05 bits per heavy atom. The van der Waals surface area contributed by atoms with Gasteiger partial charge < -0.3 is 19.4 Å². The second-order valence-corrected chi connectivity index (χ2v) is 4.93. The second-order valence-electron chi connectivity index (χ2n) is 4.56. The van der Waals surface area contributed by atoms with Gasteiger partial charge in [-0.3, -0.25) is 0 Å². The molecule has 0 amide bonds. The van der Waals surface area contributed by atoms with Crippen molar-refractivity contribution < 1.29 is 13.7 Å². The van der Waals surface area contributed by atoms with Gasteiger partial charge >= 0.3 is 0 Å². The lowest BCUT2D eigenvalue weighted by Crippen LogP contribution is -1.91. The fourth-order valence-electron chi connectivity index (χ4n) is 2.17. The van der Waals surface area contributed by atoms with Crippen molar-refractivity contribution in [1.82, 2.24) is 5.16 Å². The third kappa shape index (κ3) is 2.36. The smallest absolute Gasteiger partial charge is 0.230 e. The first-order chi connectivity index (χ1) is 10.1. The number of halogens is 1. The van der Waals surface area contributed by atoms with E-state index in [0.29, 0.717) is 17.0 Å². The van der Waals surface area contributed by atoms with Gasteiger partial charge in [0.15, 0.2) is 16.7 Å². The Bertz CT molecular complexity index is 792. The Hall–Kier alpha value is -2.40. The van der Waals surface area contributed by atoms with Gasteiger partial charge in [0.05, 0.1) is 12.7 Å². The highest BCUT2D eigenvalue weighted by atomic mass is 35.5. The standard InChI is InChI=1S/C15H13ClN2O3/c1-8-3-4-9(7-11(8)19-2)13-14(18-21-15(13)17)10-5-6-12(16)20-10/h3-7H,17H2,1-2H3. The van der Waals surface area contributed by atoms with Crippen LogP contribution >= 0.6 is 11.6 Å². The van der Waals surface area contributed by atoms with E-state index in [2.05, 4.69) is 5.16 Å². The maximum absolute atomic E-state index is 5.90. The van der Waals surface area contributed by atoms with E-state index in [0.717, 1.165) is 16.9 Å². The van der Waals surface area contributed by atoms with Crippen LogP contribution in [0.3, 0.4) is 0 Å². The third-order valence-electron chi connectivity index (χ3n) is 3.22. The lowest BCUT2D eigenvalue weighted by molar-refractivity contribution is 0.412. The molecular weight excluding hydrogens is 292 g/mol.